The minimum Gasteiger partial charge on any atom is -0.504 e. The van der Waals surface area contributed by atoms with Crippen molar-refractivity contribution in [2.24, 2.45) is 0 Å². The predicted octanol–water partition coefficient (Wildman–Crippen LogP) is 2.03. The van der Waals surface area contributed by atoms with Gasteiger partial charge in [-0.15, -0.1) is 0 Å². The first-order valence-electron chi connectivity index (χ1n) is 6.11. The van der Waals surface area contributed by atoms with E-state index in [0.717, 1.165) is 18.2 Å². The van der Waals surface area contributed by atoms with Crippen LogP contribution in [0.25, 0.3) is 0 Å². The van der Waals surface area contributed by atoms with E-state index < -0.39 is 29.2 Å². The maximum absolute atomic E-state index is 11.9. The lowest BCUT2D eigenvalue weighted by molar-refractivity contribution is 0.0696. The van der Waals surface area contributed by atoms with Gasteiger partial charge < -0.3 is 25.2 Å². The average molecular weight is 304 g/mol. The van der Waals surface area contributed by atoms with Crippen molar-refractivity contribution in [2.45, 2.75) is 6.92 Å². The van der Waals surface area contributed by atoms with Crippen LogP contribution < -0.4 is 4.74 Å². The molecule has 0 amide bonds. The van der Waals surface area contributed by atoms with Crippen LogP contribution >= 0.6 is 0 Å². The number of esters is 1. The highest BCUT2D eigenvalue weighted by molar-refractivity contribution is 5.95. The number of rotatable bonds is 3. The third-order valence-electron chi connectivity index (χ3n) is 2.98. The van der Waals surface area contributed by atoms with Gasteiger partial charge in [0.2, 0.25) is 0 Å². The number of carboxylic acids is 1. The van der Waals surface area contributed by atoms with E-state index in [1.54, 1.807) is 6.92 Å². The number of aromatic hydroxyl groups is 3. The fourth-order valence-corrected chi connectivity index (χ4v) is 1.74. The highest BCUT2D eigenvalue weighted by Gasteiger charge is 2.19. The summed E-state index contributed by atoms with van der Waals surface area (Å²) in [6.45, 7) is 1.54. The Labute approximate surface area is 124 Å². The minimum absolute atomic E-state index is 0.173. The molecule has 0 spiro atoms. The van der Waals surface area contributed by atoms with Crippen molar-refractivity contribution >= 4 is 11.9 Å². The maximum Gasteiger partial charge on any atom is 0.347 e. The number of carbonyl (C=O) groups is 2. The quantitative estimate of drug-likeness (QED) is 0.388. The first kappa shape index (κ1) is 15.2. The topological polar surface area (TPSA) is 124 Å². The number of carbonyl (C=O) groups excluding carboxylic acids is 1. The first-order valence-corrected chi connectivity index (χ1v) is 6.11. The standard InChI is InChI=1S/C15H12O7/c1-7-2-4-9(13(18)12(7)17)15(21)22-11-5-3-8(14(19)20)6-10(11)16/h2-6,16-18H,1H3,(H,19,20). The molecule has 4 N–H and O–H groups in total. The fourth-order valence-electron chi connectivity index (χ4n) is 1.74. The summed E-state index contributed by atoms with van der Waals surface area (Å²) in [5, 5.41) is 37.7. The largest absolute Gasteiger partial charge is 0.504 e. The lowest BCUT2D eigenvalue weighted by Crippen LogP contribution is -2.09. The summed E-state index contributed by atoms with van der Waals surface area (Å²) in [6, 6.07) is 5.87. The van der Waals surface area contributed by atoms with Crippen LogP contribution in [-0.4, -0.2) is 32.4 Å². The van der Waals surface area contributed by atoms with Crippen LogP contribution in [0.3, 0.4) is 0 Å². The molecule has 0 aromatic heterocycles. The van der Waals surface area contributed by atoms with Crippen LogP contribution in [0.5, 0.6) is 23.0 Å². The van der Waals surface area contributed by atoms with Crippen molar-refractivity contribution in [3.05, 3.63) is 47.0 Å². The summed E-state index contributed by atoms with van der Waals surface area (Å²) in [4.78, 5) is 22.7. The monoisotopic (exact) mass is 304 g/mol. The molecule has 114 valence electrons. The molecule has 0 aliphatic carbocycles. The maximum atomic E-state index is 11.9. The van der Waals surface area contributed by atoms with Crippen molar-refractivity contribution in [3.63, 3.8) is 0 Å². The normalized spacial score (nSPS) is 10.2. The van der Waals surface area contributed by atoms with E-state index in [9.17, 15) is 24.9 Å². The van der Waals surface area contributed by atoms with E-state index >= 15 is 0 Å². The summed E-state index contributed by atoms with van der Waals surface area (Å²) in [5.41, 5.74) is -0.0827. The fraction of sp³-hybridized carbons (Fsp3) is 0.0667. The summed E-state index contributed by atoms with van der Waals surface area (Å²) in [7, 11) is 0. The summed E-state index contributed by atoms with van der Waals surface area (Å²) in [6.07, 6.45) is 0. The van der Waals surface area contributed by atoms with Crippen LogP contribution in [-0.2, 0) is 0 Å². The zero-order chi connectivity index (χ0) is 16.4. The lowest BCUT2D eigenvalue weighted by atomic mass is 10.1. The number of hydrogen-bond donors (Lipinski definition) is 4. The van der Waals surface area contributed by atoms with Gasteiger partial charge in [-0.25, -0.2) is 9.59 Å². The zero-order valence-electron chi connectivity index (χ0n) is 11.4. The average Bonchev–Trinajstić information content (AvgIpc) is 2.46. The van der Waals surface area contributed by atoms with E-state index in [0.29, 0.717) is 5.56 Å². The van der Waals surface area contributed by atoms with Crippen molar-refractivity contribution < 1.29 is 34.8 Å². The van der Waals surface area contributed by atoms with E-state index in [4.69, 9.17) is 9.84 Å². The number of hydrogen-bond acceptors (Lipinski definition) is 6. The molecule has 7 nitrogen and oxygen atoms in total. The third kappa shape index (κ3) is 2.78. The predicted molar refractivity (Wildman–Crippen MR) is 74.5 cm³/mol. The minimum atomic E-state index is -1.24. The Morgan fingerprint density at radius 1 is 1.00 bits per heavy atom. The molecule has 0 saturated carbocycles. The van der Waals surface area contributed by atoms with Gasteiger partial charge in [0.15, 0.2) is 23.0 Å². The number of benzene rings is 2. The number of ether oxygens (including phenoxy) is 1. The number of aromatic carboxylic acids is 1. The smallest absolute Gasteiger partial charge is 0.347 e. The van der Waals surface area contributed by atoms with Gasteiger partial charge in [0.05, 0.1) is 5.56 Å². The van der Waals surface area contributed by atoms with Gasteiger partial charge in [0.1, 0.15) is 5.56 Å². The highest BCUT2D eigenvalue weighted by Crippen LogP contribution is 2.34. The Morgan fingerprint density at radius 3 is 2.27 bits per heavy atom. The lowest BCUT2D eigenvalue weighted by Gasteiger charge is -2.09. The zero-order valence-corrected chi connectivity index (χ0v) is 11.4. The van der Waals surface area contributed by atoms with E-state index in [2.05, 4.69) is 0 Å². The molecule has 7 heteroatoms. The van der Waals surface area contributed by atoms with Crippen LogP contribution in [0.4, 0.5) is 0 Å². The van der Waals surface area contributed by atoms with Gasteiger partial charge in [0.25, 0.3) is 0 Å². The molecule has 0 atom stereocenters. The molecule has 22 heavy (non-hydrogen) atoms. The van der Waals surface area contributed by atoms with Crippen LogP contribution in [0.2, 0.25) is 0 Å². The Balaban J connectivity index is 2.30. The Hall–Kier alpha value is -3.22. The number of phenolic OH excluding ortho intramolecular Hbond substituents is 3. The molecule has 2 aromatic rings. The SMILES string of the molecule is Cc1ccc(C(=O)Oc2ccc(C(=O)O)cc2O)c(O)c1O. The van der Waals surface area contributed by atoms with Gasteiger partial charge in [0, 0.05) is 0 Å². The molecule has 0 radical (unpaired) electrons. The van der Waals surface area contributed by atoms with Crippen molar-refractivity contribution in [1.82, 2.24) is 0 Å². The highest BCUT2D eigenvalue weighted by atomic mass is 16.5. The Kier molecular flexibility index (Phi) is 3.89. The molecule has 2 rings (SSSR count). The van der Waals surface area contributed by atoms with Gasteiger partial charge in [-0.1, -0.05) is 6.07 Å². The second kappa shape index (κ2) is 5.65. The molecule has 0 fully saturated rings. The Bertz CT molecular complexity index is 765. The van der Waals surface area contributed by atoms with Crippen molar-refractivity contribution in [3.8, 4) is 23.0 Å². The van der Waals surface area contributed by atoms with Gasteiger partial charge in [-0.2, -0.15) is 0 Å². The first-order chi connectivity index (χ1) is 10.3. The van der Waals surface area contributed by atoms with Crippen molar-refractivity contribution in [2.75, 3.05) is 0 Å². The van der Waals surface area contributed by atoms with Crippen LogP contribution in [0, 0.1) is 6.92 Å². The second-order valence-corrected chi connectivity index (χ2v) is 4.50. The number of carboxylic acid groups (broad SMARTS) is 1. The number of aryl methyl sites for hydroxylation is 1. The van der Waals surface area contributed by atoms with E-state index in [1.165, 1.54) is 12.1 Å². The van der Waals surface area contributed by atoms with Crippen LogP contribution in [0.15, 0.2) is 30.3 Å². The summed E-state index contributed by atoms with van der Waals surface area (Å²) in [5.74, 6) is -4.13. The van der Waals surface area contributed by atoms with Crippen LogP contribution in [0.1, 0.15) is 26.3 Å². The molecule has 0 aliphatic heterocycles. The van der Waals surface area contributed by atoms with Gasteiger partial charge in [-0.3, -0.25) is 0 Å². The molecule has 0 heterocycles. The molecular formula is C15H12O7. The summed E-state index contributed by atoms with van der Waals surface area (Å²) >= 11 is 0. The second-order valence-electron chi connectivity index (χ2n) is 4.50. The molecule has 0 saturated heterocycles. The third-order valence-corrected chi connectivity index (χ3v) is 2.98. The van der Waals surface area contributed by atoms with E-state index in [-0.39, 0.29) is 16.9 Å². The molecule has 0 unspecified atom stereocenters. The molecular weight excluding hydrogens is 292 g/mol. The molecule has 0 bridgehead atoms. The van der Waals surface area contributed by atoms with Gasteiger partial charge >= 0.3 is 11.9 Å². The molecule has 2 aromatic carbocycles. The Morgan fingerprint density at radius 2 is 1.68 bits per heavy atom. The van der Waals surface area contributed by atoms with Crippen molar-refractivity contribution in [1.29, 1.82) is 0 Å². The molecule has 0 aliphatic rings. The number of phenols is 3. The van der Waals surface area contributed by atoms with E-state index in [1.807, 2.05) is 0 Å². The van der Waals surface area contributed by atoms with Gasteiger partial charge in [-0.05, 0) is 36.8 Å². The summed E-state index contributed by atoms with van der Waals surface area (Å²) < 4.78 is 4.89.